The topological polar surface area (TPSA) is 72.2 Å². The maximum Gasteiger partial charge on any atom is 0.347 e. The van der Waals surface area contributed by atoms with Crippen LogP contribution < -0.4 is 10.9 Å². The largest absolute Gasteiger partial charge is 0.403 e. The number of hydrogen-bond donors (Lipinski definition) is 1. The van der Waals surface area contributed by atoms with Gasteiger partial charge in [-0.05, 0) is 70.1 Å². The van der Waals surface area contributed by atoms with Crippen LogP contribution in [0.4, 0.5) is 5.69 Å². The van der Waals surface area contributed by atoms with Gasteiger partial charge in [-0.1, -0.05) is 54.6 Å². The summed E-state index contributed by atoms with van der Waals surface area (Å²) in [6.45, 7) is 0. The molecule has 1 heterocycles. The van der Waals surface area contributed by atoms with Crippen LogP contribution in [-0.2, 0) is 0 Å². The summed E-state index contributed by atoms with van der Waals surface area (Å²) >= 11 is 0. The fourth-order valence-corrected chi connectivity index (χ4v) is 4.19. The molecular formula is C29H18N2O3. The highest BCUT2D eigenvalue weighted by Crippen LogP contribution is 2.28. The molecule has 0 spiro atoms. The molecule has 1 N–H and O–H groups in total. The summed E-state index contributed by atoms with van der Waals surface area (Å²) in [5.74, 6) is -0.102. The van der Waals surface area contributed by atoms with Gasteiger partial charge < -0.3 is 9.73 Å². The van der Waals surface area contributed by atoms with E-state index in [1.165, 1.54) is 0 Å². The predicted octanol–water partition coefficient (Wildman–Crippen LogP) is 6.41. The third-order valence-electron chi connectivity index (χ3n) is 5.91. The van der Waals surface area contributed by atoms with Crippen LogP contribution in [0.25, 0.3) is 43.9 Å². The lowest BCUT2D eigenvalue weighted by atomic mass is 10.0. The second kappa shape index (κ2) is 7.98. The van der Waals surface area contributed by atoms with E-state index >= 15 is 0 Å². The molecule has 0 unspecified atom stereocenters. The van der Waals surface area contributed by atoms with E-state index in [2.05, 4.69) is 34.6 Å². The number of aromatic nitrogens is 1. The SMILES string of the molecule is O=C(Nc1ccccc1-c1nc2ccccc2c(=O)o1)c1ccc2cc3ccccc3cc2c1. The molecule has 1 aromatic heterocycles. The molecule has 162 valence electrons. The molecule has 1 amide bonds. The Hall–Kier alpha value is -4.77. The monoisotopic (exact) mass is 442 g/mol. The van der Waals surface area contributed by atoms with Crippen LogP contribution in [-0.4, -0.2) is 10.9 Å². The molecule has 5 nitrogen and oxygen atoms in total. The summed E-state index contributed by atoms with van der Waals surface area (Å²) in [5.41, 5.74) is 1.65. The second-order valence-electron chi connectivity index (χ2n) is 8.08. The Morgan fingerprint density at radius 3 is 2.24 bits per heavy atom. The van der Waals surface area contributed by atoms with Crippen molar-refractivity contribution < 1.29 is 9.21 Å². The molecule has 34 heavy (non-hydrogen) atoms. The van der Waals surface area contributed by atoms with E-state index in [-0.39, 0.29) is 11.8 Å². The van der Waals surface area contributed by atoms with E-state index < -0.39 is 5.63 Å². The zero-order chi connectivity index (χ0) is 23.1. The maximum absolute atomic E-state index is 13.2. The number of carbonyl (C=O) groups is 1. The van der Waals surface area contributed by atoms with Crippen molar-refractivity contribution in [3.05, 3.63) is 119 Å². The van der Waals surface area contributed by atoms with E-state index in [9.17, 15) is 9.59 Å². The highest BCUT2D eigenvalue weighted by Gasteiger charge is 2.15. The van der Waals surface area contributed by atoms with Crippen molar-refractivity contribution in [3.8, 4) is 11.5 Å². The molecule has 0 bridgehead atoms. The minimum Gasteiger partial charge on any atom is -0.403 e. The molecule has 0 aliphatic rings. The van der Waals surface area contributed by atoms with Gasteiger partial charge in [0.15, 0.2) is 0 Å². The van der Waals surface area contributed by atoms with Crippen LogP contribution >= 0.6 is 0 Å². The van der Waals surface area contributed by atoms with Gasteiger partial charge in [0.2, 0.25) is 5.89 Å². The van der Waals surface area contributed by atoms with Crippen molar-refractivity contribution in [2.75, 3.05) is 5.32 Å². The van der Waals surface area contributed by atoms with Gasteiger partial charge in [-0.3, -0.25) is 4.79 Å². The Kier molecular flexibility index (Phi) is 4.66. The minimum absolute atomic E-state index is 0.157. The smallest absolute Gasteiger partial charge is 0.347 e. The molecule has 0 radical (unpaired) electrons. The molecule has 0 saturated carbocycles. The van der Waals surface area contributed by atoms with Gasteiger partial charge >= 0.3 is 5.63 Å². The van der Waals surface area contributed by atoms with Gasteiger partial charge in [0.1, 0.15) is 0 Å². The normalized spacial score (nSPS) is 11.2. The number of benzene rings is 5. The zero-order valence-corrected chi connectivity index (χ0v) is 18.0. The van der Waals surface area contributed by atoms with Gasteiger partial charge in [-0.15, -0.1) is 0 Å². The Labute approximate surface area is 194 Å². The standard InChI is InChI=1S/C29H18N2O3/c32-27(21-14-13-20-15-18-7-1-2-8-19(18)16-22(20)17-21)30-25-11-5-3-9-23(25)28-31-26-12-6-4-10-24(26)29(33)34-28/h1-17H,(H,30,32). The van der Waals surface area contributed by atoms with Gasteiger partial charge in [0.25, 0.3) is 5.91 Å². The van der Waals surface area contributed by atoms with Crippen LogP contribution in [0.2, 0.25) is 0 Å². The summed E-state index contributed by atoms with van der Waals surface area (Å²) in [6.07, 6.45) is 0. The van der Waals surface area contributed by atoms with Crippen LogP contribution in [0, 0.1) is 0 Å². The number of hydrogen-bond acceptors (Lipinski definition) is 4. The van der Waals surface area contributed by atoms with E-state index in [1.807, 2.05) is 48.5 Å². The summed E-state index contributed by atoms with van der Waals surface area (Å²) < 4.78 is 5.49. The number of rotatable bonds is 3. The molecule has 6 rings (SSSR count). The van der Waals surface area contributed by atoms with Crippen molar-refractivity contribution in [1.82, 2.24) is 4.98 Å². The van der Waals surface area contributed by atoms with Crippen molar-refractivity contribution in [2.45, 2.75) is 0 Å². The number of para-hydroxylation sites is 2. The Bertz CT molecular complexity index is 1790. The second-order valence-corrected chi connectivity index (χ2v) is 8.08. The third kappa shape index (κ3) is 3.49. The fraction of sp³-hybridized carbons (Fsp3) is 0. The molecule has 0 saturated heterocycles. The van der Waals surface area contributed by atoms with Gasteiger partial charge in [-0.2, -0.15) is 0 Å². The third-order valence-corrected chi connectivity index (χ3v) is 5.91. The molecule has 5 aromatic carbocycles. The molecule has 5 heteroatoms. The average molecular weight is 442 g/mol. The molecule has 0 atom stereocenters. The van der Waals surface area contributed by atoms with Gasteiger partial charge in [0, 0.05) is 5.56 Å². The lowest BCUT2D eigenvalue weighted by Crippen LogP contribution is -2.13. The lowest BCUT2D eigenvalue weighted by molar-refractivity contribution is 0.102. The minimum atomic E-state index is -0.469. The Balaban J connectivity index is 1.37. The molecule has 0 aliphatic heterocycles. The van der Waals surface area contributed by atoms with Gasteiger partial charge in [0.05, 0.1) is 22.2 Å². The Morgan fingerprint density at radius 2 is 1.38 bits per heavy atom. The summed E-state index contributed by atoms with van der Waals surface area (Å²) in [5, 5.41) is 7.70. The fourth-order valence-electron chi connectivity index (χ4n) is 4.19. The quantitative estimate of drug-likeness (QED) is 0.321. The average Bonchev–Trinajstić information content (AvgIpc) is 2.87. The molecule has 0 fully saturated rings. The highest BCUT2D eigenvalue weighted by atomic mass is 16.4. The number of fused-ring (bicyclic) bond motifs is 3. The summed E-state index contributed by atoms with van der Waals surface area (Å²) in [7, 11) is 0. The predicted molar refractivity (Wildman–Crippen MR) is 135 cm³/mol. The molecule has 6 aromatic rings. The first-order valence-corrected chi connectivity index (χ1v) is 10.9. The van der Waals surface area contributed by atoms with Crippen molar-refractivity contribution in [1.29, 1.82) is 0 Å². The molecule has 0 aliphatic carbocycles. The zero-order valence-electron chi connectivity index (χ0n) is 18.0. The number of carbonyl (C=O) groups excluding carboxylic acids is 1. The van der Waals surface area contributed by atoms with E-state index in [0.717, 1.165) is 21.5 Å². The number of anilines is 1. The van der Waals surface area contributed by atoms with Crippen LogP contribution in [0.5, 0.6) is 0 Å². The number of nitrogens with zero attached hydrogens (tertiary/aromatic N) is 1. The van der Waals surface area contributed by atoms with Crippen molar-refractivity contribution in [2.24, 2.45) is 0 Å². The Morgan fingerprint density at radius 1 is 0.706 bits per heavy atom. The first-order chi connectivity index (χ1) is 16.7. The number of nitrogens with one attached hydrogen (secondary N) is 1. The summed E-state index contributed by atoms with van der Waals surface area (Å²) in [6, 6.07) is 32.2. The first kappa shape index (κ1) is 19.9. The van der Waals surface area contributed by atoms with Crippen LogP contribution in [0.3, 0.4) is 0 Å². The summed E-state index contributed by atoms with van der Waals surface area (Å²) in [4.78, 5) is 30.1. The van der Waals surface area contributed by atoms with Crippen molar-refractivity contribution >= 4 is 44.0 Å². The van der Waals surface area contributed by atoms with E-state index in [1.54, 1.807) is 30.3 Å². The highest BCUT2D eigenvalue weighted by molar-refractivity contribution is 6.09. The van der Waals surface area contributed by atoms with E-state index in [4.69, 9.17) is 4.42 Å². The number of amides is 1. The van der Waals surface area contributed by atoms with Crippen LogP contribution in [0.15, 0.2) is 112 Å². The molecular weight excluding hydrogens is 424 g/mol. The maximum atomic E-state index is 13.2. The lowest BCUT2D eigenvalue weighted by Gasteiger charge is -2.11. The van der Waals surface area contributed by atoms with Gasteiger partial charge in [-0.25, -0.2) is 9.78 Å². The van der Waals surface area contributed by atoms with E-state index in [0.29, 0.717) is 27.7 Å². The first-order valence-electron chi connectivity index (χ1n) is 10.9. The van der Waals surface area contributed by atoms with Crippen LogP contribution in [0.1, 0.15) is 10.4 Å². The van der Waals surface area contributed by atoms with Crippen molar-refractivity contribution in [3.63, 3.8) is 0 Å².